The number of amides is 1. The second-order valence-electron chi connectivity index (χ2n) is 7.55. The van der Waals surface area contributed by atoms with Crippen LogP contribution < -0.4 is 5.32 Å². The molecule has 24 heavy (non-hydrogen) atoms. The van der Waals surface area contributed by atoms with Crippen LogP contribution in [0.1, 0.15) is 43.3 Å². The average molecular weight is 346 g/mol. The third-order valence-corrected chi connectivity index (χ3v) is 5.72. The van der Waals surface area contributed by atoms with Gasteiger partial charge in [0.15, 0.2) is 5.13 Å². The SMILES string of the molecule is CC(C)(C)C1CCc2nc(NC(=O)Cc3ccc(F)cc3)sc2C1. The Morgan fingerprint density at radius 3 is 2.71 bits per heavy atom. The van der Waals surface area contributed by atoms with Gasteiger partial charge in [0.1, 0.15) is 5.82 Å². The Morgan fingerprint density at radius 1 is 1.33 bits per heavy atom. The molecule has 1 heterocycles. The van der Waals surface area contributed by atoms with Crippen molar-refractivity contribution in [3.8, 4) is 0 Å². The Labute approximate surface area is 146 Å². The summed E-state index contributed by atoms with van der Waals surface area (Å²) in [6, 6.07) is 6.01. The molecular formula is C19H23FN2OS. The van der Waals surface area contributed by atoms with Crippen molar-refractivity contribution in [1.82, 2.24) is 4.98 Å². The maximum atomic E-state index is 12.9. The van der Waals surface area contributed by atoms with Gasteiger partial charge in [0.2, 0.25) is 5.91 Å². The Morgan fingerprint density at radius 2 is 2.04 bits per heavy atom. The number of hydrogen-bond acceptors (Lipinski definition) is 3. The molecule has 3 nitrogen and oxygen atoms in total. The molecule has 0 bridgehead atoms. The topological polar surface area (TPSA) is 42.0 Å². The van der Waals surface area contributed by atoms with Crippen LogP contribution in [0.2, 0.25) is 0 Å². The maximum absolute atomic E-state index is 12.9. The van der Waals surface area contributed by atoms with Gasteiger partial charge in [-0.25, -0.2) is 9.37 Å². The first-order valence-electron chi connectivity index (χ1n) is 8.34. The summed E-state index contributed by atoms with van der Waals surface area (Å²) in [5.74, 6) is 0.258. The van der Waals surface area contributed by atoms with E-state index in [4.69, 9.17) is 0 Å². The van der Waals surface area contributed by atoms with Crippen molar-refractivity contribution in [2.24, 2.45) is 11.3 Å². The molecule has 0 fully saturated rings. The first kappa shape index (κ1) is 17.1. The lowest BCUT2D eigenvalue weighted by atomic mass is 9.73. The summed E-state index contributed by atoms with van der Waals surface area (Å²) in [5, 5.41) is 3.57. The Bertz CT molecular complexity index is 731. The first-order valence-corrected chi connectivity index (χ1v) is 9.16. The lowest BCUT2D eigenvalue weighted by Crippen LogP contribution is -2.26. The number of aryl methyl sites for hydroxylation is 1. The highest BCUT2D eigenvalue weighted by atomic mass is 32.1. The number of fused-ring (bicyclic) bond motifs is 1. The van der Waals surface area contributed by atoms with E-state index in [1.165, 1.54) is 17.0 Å². The molecule has 128 valence electrons. The van der Waals surface area contributed by atoms with Crippen molar-refractivity contribution >= 4 is 22.4 Å². The molecule has 2 aromatic rings. The summed E-state index contributed by atoms with van der Waals surface area (Å²) in [6.07, 6.45) is 3.42. The van der Waals surface area contributed by atoms with E-state index in [-0.39, 0.29) is 18.1 Å². The third-order valence-electron chi connectivity index (χ3n) is 4.69. The summed E-state index contributed by atoms with van der Waals surface area (Å²) >= 11 is 1.59. The van der Waals surface area contributed by atoms with Crippen LogP contribution in [-0.4, -0.2) is 10.9 Å². The molecule has 0 spiro atoms. The highest BCUT2D eigenvalue weighted by molar-refractivity contribution is 7.15. The van der Waals surface area contributed by atoms with Crippen molar-refractivity contribution in [2.45, 2.75) is 46.5 Å². The van der Waals surface area contributed by atoms with E-state index in [1.54, 1.807) is 23.5 Å². The molecule has 1 aromatic carbocycles. The molecular weight excluding hydrogens is 323 g/mol. The monoisotopic (exact) mass is 346 g/mol. The predicted octanol–water partition coefficient (Wildman–Crippen LogP) is 4.61. The number of nitrogens with one attached hydrogen (secondary N) is 1. The number of carbonyl (C=O) groups excluding carboxylic acids is 1. The molecule has 1 aromatic heterocycles. The van der Waals surface area contributed by atoms with Crippen LogP contribution in [0.25, 0.3) is 0 Å². The number of carbonyl (C=O) groups is 1. The zero-order valence-electron chi connectivity index (χ0n) is 14.4. The summed E-state index contributed by atoms with van der Waals surface area (Å²) in [6.45, 7) is 6.86. The van der Waals surface area contributed by atoms with Gasteiger partial charge in [-0.1, -0.05) is 32.9 Å². The smallest absolute Gasteiger partial charge is 0.230 e. The Kier molecular flexibility index (Phi) is 4.72. The van der Waals surface area contributed by atoms with Crippen molar-refractivity contribution in [3.05, 3.63) is 46.2 Å². The van der Waals surface area contributed by atoms with Crippen molar-refractivity contribution in [3.63, 3.8) is 0 Å². The second kappa shape index (κ2) is 6.63. The van der Waals surface area contributed by atoms with E-state index in [0.717, 1.165) is 30.5 Å². The zero-order valence-corrected chi connectivity index (χ0v) is 15.2. The number of anilines is 1. The number of nitrogens with zero attached hydrogens (tertiary/aromatic N) is 1. The third kappa shape index (κ3) is 4.01. The van der Waals surface area contributed by atoms with E-state index >= 15 is 0 Å². The van der Waals surface area contributed by atoms with Gasteiger partial charge >= 0.3 is 0 Å². The van der Waals surface area contributed by atoms with Gasteiger partial charge < -0.3 is 5.32 Å². The zero-order chi connectivity index (χ0) is 17.3. The van der Waals surface area contributed by atoms with Crippen LogP contribution in [0, 0.1) is 17.2 Å². The van der Waals surface area contributed by atoms with Crippen LogP contribution in [0.3, 0.4) is 0 Å². The molecule has 0 radical (unpaired) electrons. The van der Waals surface area contributed by atoms with Crippen molar-refractivity contribution < 1.29 is 9.18 Å². The van der Waals surface area contributed by atoms with Crippen LogP contribution in [0.4, 0.5) is 9.52 Å². The standard InChI is InChI=1S/C19H23FN2OS/c1-19(2,3)13-6-9-15-16(11-13)24-18(21-15)22-17(23)10-12-4-7-14(20)8-5-12/h4-5,7-8,13H,6,9-11H2,1-3H3,(H,21,22,23). The Balaban J connectivity index is 1.64. The normalized spacial score (nSPS) is 17.4. The van der Waals surface area contributed by atoms with E-state index in [9.17, 15) is 9.18 Å². The largest absolute Gasteiger partial charge is 0.302 e. The minimum absolute atomic E-state index is 0.111. The molecule has 1 aliphatic carbocycles. The highest BCUT2D eigenvalue weighted by Crippen LogP contribution is 2.40. The lowest BCUT2D eigenvalue weighted by Gasteiger charge is -2.33. The fourth-order valence-corrected chi connectivity index (χ4v) is 4.22. The molecule has 1 amide bonds. The summed E-state index contributed by atoms with van der Waals surface area (Å²) in [5.41, 5.74) is 2.23. The number of thiazole rings is 1. The Hall–Kier alpha value is -1.75. The van der Waals surface area contributed by atoms with Gasteiger partial charge in [-0.15, -0.1) is 11.3 Å². The molecule has 0 saturated carbocycles. The van der Waals surface area contributed by atoms with Crippen molar-refractivity contribution in [2.75, 3.05) is 5.32 Å². The van der Waals surface area contributed by atoms with E-state index in [2.05, 4.69) is 31.1 Å². The quantitative estimate of drug-likeness (QED) is 0.881. The fraction of sp³-hybridized carbons (Fsp3) is 0.474. The van der Waals surface area contributed by atoms with Crippen LogP contribution >= 0.6 is 11.3 Å². The summed E-state index contributed by atoms with van der Waals surface area (Å²) < 4.78 is 12.9. The number of halogens is 1. The predicted molar refractivity (Wildman–Crippen MR) is 95.8 cm³/mol. The maximum Gasteiger partial charge on any atom is 0.230 e. The lowest BCUT2D eigenvalue weighted by molar-refractivity contribution is -0.115. The van der Waals surface area contributed by atoms with Crippen LogP contribution in [-0.2, 0) is 24.1 Å². The van der Waals surface area contributed by atoms with Gasteiger partial charge in [-0.2, -0.15) is 0 Å². The number of aromatic nitrogens is 1. The first-order chi connectivity index (χ1) is 11.3. The van der Waals surface area contributed by atoms with Gasteiger partial charge in [0.25, 0.3) is 0 Å². The molecule has 0 aliphatic heterocycles. The highest BCUT2D eigenvalue weighted by Gasteiger charge is 2.30. The van der Waals surface area contributed by atoms with Crippen LogP contribution in [0.5, 0.6) is 0 Å². The van der Waals surface area contributed by atoms with Gasteiger partial charge in [0.05, 0.1) is 12.1 Å². The van der Waals surface area contributed by atoms with E-state index < -0.39 is 0 Å². The fourth-order valence-electron chi connectivity index (χ4n) is 3.12. The molecule has 1 aliphatic rings. The molecule has 0 saturated heterocycles. The van der Waals surface area contributed by atoms with Gasteiger partial charge in [0, 0.05) is 4.88 Å². The summed E-state index contributed by atoms with van der Waals surface area (Å²) in [7, 11) is 0. The summed E-state index contributed by atoms with van der Waals surface area (Å²) in [4.78, 5) is 18.1. The van der Waals surface area contributed by atoms with Crippen molar-refractivity contribution in [1.29, 1.82) is 0 Å². The molecule has 1 unspecified atom stereocenters. The second-order valence-corrected chi connectivity index (χ2v) is 8.63. The molecule has 5 heteroatoms. The molecule has 1 atom stereocenters. The van der Waals surface area contributed by atoms with E-state index in [1.807, 2.05) is 0 Å². The minimum atomic E-state index is -0.292. The molecule has 1 N–H and O–H groups in total. The van der Waals surface area contributed by atoms with E-state index in [0.29, 0.717) is 16.5 Å². The molecule has 3 rings (SSSR count). The van der Waals surface area contributed by atoms with Crippen LogP contribution in [0.15, 0.2) is 24.3 Å². The number of rotatable bonds is 3. The average Bonchev–Trinajstić information content (AvgIpc) is 2.89. The number of benzene rings is 1. The van der Waals surface area contributed by atoms with Gasteiger partial charge in [-0.05, 0) is 48.3 Å². The minimum Gasteiger partial charge on any atom is -0.302 e. The number of hydrogen-bond donors (Lipinski definition) is 1. The van der Waals surface area contributed by atoms with Gasteiger partial charge in [-0.3, -0.25) is 4.79 Å².